The third-order valence-electron chi connectivity index (χ3n) is 7.08. The molecule has 0 amide bonds. The van der Waals surface area contributed by atoms with E-state index in [9.17, 15) is 19.4 Å². The average Bonchev–Trinajstić information content (AvgIpc) is 2.83. The molecule has 4 unspecified atom stereocenters. The molecule has 6 nitrogen and oxygen atoms in total. The van der Waals surface area contributed by atoms with Gasteiger partial charge in [0.2, 0.25) is 5.85 Å². The lowest BCUT2D eigenvalue weighted by molar-refractivity contribution is -0.145. The van der Waals surface area contributed by atoms with Gasteiger partial charge in [0.05, 0.1) is 6.10 Å². The zero-order chi connectivity index (χ0) is 25.9. The topological polar surface area (TPSA) is 93.1 Å². The van der Waals surface area contributed by atoms with Crippen LogP contribution in [0.15, 0.2) is 0 Å². The number of aliphatic carboxylic acids is 1. The first kappa shape index (κ1) is 33.0. The second-order valence-corrected chi connectivity index (χ2v) is 14.7. The van der Waals surface area contributed by atoms with Crippen molar-refractivity contribution in [2.24, 2.45) is 11.8 Å². The molecule has 0 aromatic rings. The highest BCUT2D eigenvalue weighted by Crippen LogP contribution is 2.60. The highest BCUT2D eigenvalue weighted by atomic mass is 32.7. The second-order valence-electron chi connectivity index (χ2n) is 10.2. The zero-order valence-corrected chi connectivity index (χ0v) is 24.3. The molecule has 1 aliphatic rings. The Hall–Kier alpha value is -0.0700. The molecule has 0 aliphatic heterocycles. The van der Waals surface area contributed by atoms with E-state index < -0.39 is 18.4 Å². The fraction of sp³-hybridized carbons (Fsp3) is 0.963. The summed E-state index contributed by atoms with van der Waals surface area (Å²) in [6, 6.07) is 0. The number of hydrogen-bond acceptors (Lipinski definition) is 5. The van der Waals surface area contributed by atoms with Gasteiger partial charge < -0.3 is 19.5 Å². The van der Waals surface area contributed by atoms with Gasteiger partial charge in [-0.25, -0.2) is 4.79 Å². The number of ether oxygens (including phenoxy) is 2. The summed E-state index contributed by atoms with van der Waals surface area (Å²) >= 11 is 0.904. The zero-order valence-electron chi connectivity index (χ0n) is 22.6. The minimum atomic E-state index is -4.07. The first-order valence-electron chi connectivity index (χ1n) is 14.3. The number of carboxylic acids is 1. The second kappa shape index (κ2) is 20.0. The van der Waals surface area contributed by atoms with Gasteiger partial charge in [-0.1, -0.05) is 116 Å². The van der Waals surface area contributed by atoms with E-state index in [2.05, 4.69) is 13.8 Å². The molecular formula is C27H53O6PS. The molecule has 0 radical (unpaired) electrons. The van der Waals surface area contributed by atoms with E-state index in [0.29, 0.717) is 18.1 Å². The number of rotatable bonds is 22. The minimum Gasteiger partial charge on any atom is -0.479 e. The summed E-state index contributed by atoms with van der Waals surface area (Å²) in [6.07, 6.45) is 18.6. The highest BCUT2D eigenvalue weighted by molar-refractivity contribution is 8.56. The van der Waals surface area contributed by atoms with Crippen LogP contribution in [0.25, 0.3) is 0 Å². The molecule has 8 heteroatoms. The maximum absolute atomic E-state index is 13.0. The summed E-state index contributed by atoms with van der Waals surface area (Å²) in [5.41, 5.74) is 0. The van der Waals surface area contributed by atoms with Gasteiger partial charge in [-0.3, -0.25) is 4.57 Å². The molecule has 0 bridgehead atoms. The van der Waals surface area contributed by atoms with Gasteiger partial charge in [-0.05, 0) is 31.1 Å². The van der Waals surface area contributed by atoms with E-state index in [0.717, 1.165) is 50.1 Å². The molecule has 1 rings (SSSR count). The monoisotopic (exact) mass is 536 g/mol. The largest absolute Gasteiger partial charge is 0.479 e. The van der Waals surface area contributed by atoms with E-state index in [1.54, 1.807) is 0 Å². The first-order chi connectivity index (χ1) is 16.9. The third-order valence-corrected chi connectivity index (χ3v) is 11.1. The van der Waals surface area contributed by atoms with Crippen molar-refractivity contribution in [3.63, 3.8) is 0 Å². The summed E-state index contributed by atoms with van der Waals surface area (Å²) in [5.74, 6) is -1.95. The number of unbranched alkanes of at least 4 members (excludes halogenated alkanes) is 7. The number of carbonyl (C=O) groups is 1. The van der Waals surface area contributed by atoms with Crippen molar-refractivity contribution >= 4 is 23.9 Å². The summed E-state index contributed by atoms with van der Waals surface area (Å²) in [6.45, 7) is 3.09. The summed E-state index contributed by atoms with van der Waals surface area (Å²) in [7, 11) is 0. The molecule has 35 heavy (non-hydrogen) atoms. The SMILES string of the molecule is CCCCCCCCCCOC(CCC)C(CSP(=O)(O)C(OCCC)C(=O)O)C1CCCCC1. The lowest BCUT2D eigenvalue weighted by atomic mass is 9.77. The summed E-state index contributed by atoms with van der Waals surface area (Å²) in [5, 5.41) is 9.49. The Morgan fingerprint density at radius 2 is 1.51 bits per heavy atom. The van der Waals surface area contributed by atoms with Crippen molar-refractivity contribution in [3.8, 4) is 0 Å². The van der Waals surface area contributed by atoms with Crippen LogP contribution in [0.3, 0.4) is 0 Å². The lowest BCUT2D eigenvalue weighted by Crippen LogP contribution is -2.34. The molecule has 1 aliphatic carbocycles. The van der Waals surface area contributed by atoms with Gasteiger partial charge in [-0.15, -0.1) is 0 Å². The highest BCUT2D eigenvalue weighted by Gasteiger charge is 2.41. The molecule has 0 aromatic carbocycles. The predicted octanol–water partition coefficient (Wildman–Crippen LogP) is 8.26. The van der Waals surface area contributed by atoms with Crippen molar-refractivity contribution in [1.29, 1.82) is 0 Å². The maximum Gasteiger partial charge on any atom is 0.343 e. The fourth-order valence-electron chi connectivity index (χ4n) is 5.08. The third kappa shape index (κ3) is 13.9. The lowest BCUT2D eigenvalue weighted by Gasteiger charge is -2.36. The normalized spacial score (nSPS) is 19.2. The molecule has 2 N–H and O–H groups in total. The van der Waals surface area contributed by atoms with Crippen LogP contribution in [0.1, 0.15) is 124 Å². The van der Waals surface area contributed by atoms with Crippen molar-refractivity contribution in [1.82, 2.24) is 0 Å². The van der Waals surface area contributed by atoms with Gasteiger partial charge in [0.15, 0.2) is 0 Å². The molecule has 1 fully saturated rings. The number of carboxylic acid groups (broad SMARTS) is 1. The molecule has 208 valence electrons. The average molecular weight is 537 g/mol. The van der Waals surface area contributed by atoms with Gasteiger partial charge in [-0.2, -0.15) is 0 Å². The summed E-state index contributed by atoms with van der Waals surface area (Å²) in [4.78, 5) is 22.3. The van der Waals surface area contributed by atoms with Gasteiger partial charge >= 0.3 is 5.97 Å². The molecule has 0 spiro atoms. The first-order valence-corrected chi connectivity index (χ1v) is 17.6. The number of hydrogen-bond donors (Lipinski definition) is 2. The Bertz CT molecular complexity index is 584. The Balaban J connectivity index is 2.71. The van der Waals surface area contributed by atoms with Gasteiger partial charge in [0.25, 0.3) is 6.57 Å². The van der Waals surface area contributed by atoms with Gasteiger partial charge in [0.1, 0.15) is 0 Å². The van der Waals surface area contributed by atoms with E-state index >= 15 is 0 Å². The Kier molecular flexibility index (Phi) is 18.8. The van der Waals surface area contributed by atoms with Crippen LogP contribution < -0.4 is 0 Å². The van der Waals surface area contributed by atoms with Crippen molar-refractivity contribution in [2.45, 2.75) is 135 Å². The molecule has 0 aromatic heterocycles. The van der Waals surface area contributed by atoms with Crippen LogP contribution in [-0.2, 0) is 18.8 Å². The predicted molar refractivity (Wildman–Crippen MR) is 147 cm³/mol. The van der Waals surface area contributed by atoms with Crippen LogP contribution in [-0.4, -0.2) is 46.9 Å². The smallest absolute Gasteiger partial charge is 0.343 e. The quantitative estimate of drug-likeness (QED) is 0.106. The van der Waals surface area contributed by atoms with Crippen molar-refractivity contribution in [2.75, 3.05) is 19.0 Å². The van der Waals surface area contributed by atoms with Crippen LogP contribution in [0, 0.1) is 11.8 Å². The Labute approximate surface area is 218 Å². The van der Waals surface area contributed by atoms with Crippen LogP contribution >= 0.6 is 18.0 Å². The van der Waals surface area contributed by atoms with E-state index in [4.69, 9.17) is 9.47 Å². The molecule has 0 heterocycles. The Morgan fingerprint density at radius 1 is 0.886 bits per heavy atom. The standard InChI is InChI=1S/C27H53O6PS/c1-4-7-8-9-10-11-12-16-21-32-25(17-5-2)24(23-18-14-13-15-19-23)22-35-34(30,31)27(26(28)29)33-20-6-3/h23-25,27H,4-22H2,1-3H3,(H,28,29)(H,30,31). The fourth-order valence-corrected chi connectivity index (χ4v) is 8.68. The minimum absolute atomic E-state index is 0.0555. The molecule has 1 saturated carbocycles. The Morgan fingerprint density at radius 3 is 2.09 bits per heavy atom. The van der Waals surface area contributed by atoms with E-state index in [1.165, 1.54) is 64.2 Å². The van der Waals surface area contributed by atoms with E-state index in [-0.39, 0.29) is 18.6 Å². The molecular weight excluding hydrogens is 483 g/mol. The van der Waals surface area contributed by atoms with E-state index in [1.807, 2.05) is 6.92 Å². The van der Waals surface area contributed by atoms with Crippen LogP contribution in [0.4, 0.5) is 0 Å². The molecule has 0 saturated heterocycles. The van der Waals surface area contributed by atoms with Gasteiger partial charge in [0, 0.05) is 19.0 Å². The summed E-state index contributed by atoms with van der Waals surface area (Å²) < 4.78 is 24.7. The van der Waals surface area contributed by atoms with Crippen LogP contribution in [0.2, 0.25) is 0 Å². The maximum atomic E-state index is 13.0. The van der Waals surface area contributed by atoms with Crippen molar-refractivity contribution < 1.29 is 28.8 Å². The van der Waals surface area contributed by atoms with Crippen LogP contribution in [0.5, 0.6) is 0 Å². The molecule has 4 atom stereocenters. The van der Waals surface area contributed by atoms with Crippen molar-refractivity contribution in [3.05, 3.63) is 0 Å².